The number of methoxy groups -OCH3 is 1. The zero-order valence-electron chi connectivity index (χ0n) is 12.7. The van der Waals surface area contributed by atoms with Gasteiger partial charge in [0.05, 0.1) is 18.7 Å². The fourth-order valence-electron chi connectivity index (χ4n) is 2.83. The van der Waals surface area contributed by atoms with Crippen LogP contribution in [0.5, 0.6) is 0 Å². The van der Waals surface area contributed by atoms with Crippen molar-refractivity contribution < 1.29 is 23.9 Å². The predicted octanol–water partition coefficient (Wildman–Crippen LogP) is 0.447. The van der Waals surface area contributed by atoms with Gasteiger partial charge >= 0.3 is 5.97 Å². The number of rotatable bonds is 3. The highest BCUT2D eigenvalue weighted by atomic mass is 16.5. The van der Waals surface area contributed by atoms with Crippen molar-refractivity contribution in [1.29, 1.82) is 0 Å². The van der Waals surface area contributed by atoms with E-state index in [1.807, 2.05) is 0 Å². The number of carbonyl (C=O) groups excluding carboxylic acids is 4. The molecule has 0 bridgehead atoms. The average molecular weight is 316 g/mol. The lowest BCUT2D eigenvalue weighted by atomic mass is 10.0. The lowest BCUT2D eigenvalue weighted by Gasteiger charge is -2.43. The topological polar surface area (TPSA) is 84.0 Å². The number of hydrogen-bond acceptors (Lipinski definition) is 5. The number of likely N-dealkylation sites (tertiary alicyclic amines) is 2. The molecule has 120 valence electrons. The Hall–Kier alpha value is -2.70. The predicted molar refractivity (Wildman–Crippen MR) is 78.6 cm³/mol. The van der Waals surface area contributed by atoms with Gasteiger partial charge in [-0.3, -0.25) is 19.3 Å². The second kappa shape index (κ2) is 5.83. The summed E-state index contributed by atoms with van der Waals surface area (Å²) in [6, 6.07) is 5.98. The summed E-state index contributed by atoms with van der Waals surface area (Å²) in [4.78, 5) is 49.9. The van der Waals surface area contributed by atoms with E-state index in [0.717, 1.165) is 0 Å². The minimum atomic E-state index is -0.459. The monoisotopic (exact) mass is 316 g/mol. The summed E-state index contributed by atoms with van der Waals surface area (Å²) in [7, 11) is 1.29. The molecule has 0 atom stereocenters. The van der Waals surface area contributed by atoms with E-state index in [0.29, 0.717) is 24.2 Å². The second-order valence-corrected chi connectivity index (χ2v) is 5.59. The number of amides is 3. The molecule has 0 N–H and O–H groups in total. The van der Waals surface area contributed by atoms with E-state index in [1.165, 1.54) is 24.1 Å². The van der Waals surface area contributed by atoms with Crippen LogP contribution in [0.15, 0.2) is 24.3 Å². The van der Waals surface area contributed by atoms with Gasteiger partial charge in [0.1, 0.15) is 0 Å². The van der Waals surface area contributed by atoms with E-state index in [1.54, 1.807) is 17.0 Å². The van der Waals surface area contributed by atoms with Crippen molar-refractivity contribution in [3.05, 3.63) is 35.4 Å². The summed E-state index contributed by atoms with van der Waals surface area (Å²) in [5.74, 6) is -0.958. The van der Waals surface area contributed by atoms with Gasteiger partial charge in [0.15, 0.2) is 0 Å². The molecule has 2 saturated heterocycles. The molecule has 0 saturated carbocycles. The van der Waals surface area contributed by atoms with E-state index in [2.05, 4.69) is 4.74 Å². The molecule has 7 heteroatoms. The molecule has 0 unspecified atom stereocenters. The average Bonchev–Trinajstić information content (AvgIpc) is 2.85. The normalized spacial score (nSPS) is 18.1. The molecule has 1 aromatic carbocycles. The van der Waals surface area contributed by atoms with Gasteiger partial charge in [-0.05, 0) is 24.3 Å². The Morgan fingerprint density at radius 3 is 2.04 bits per heavy atom. The minimum Gasteiger partial charge on any atom is -0.465 e. The molecule has 2 aliphatic heterocycles. The van der Waals surface area contributed by atoms with Crippen LogP contribution in [-0.2, 0) is 14.3 Å². The molecular formula is C16H16N2O5. The molecule has 3 amide bonds. The van der Waals surface area contributed by atoms with Crippen LogP contribution in [0, 0.1) is 0 Å². The van der Waals surface area contributed by atoms with Crippen molar-refractivity contribution in [2.45, 2.75) is 18.9 Å². The smallest absolute Gasteiger partial charge is 0.337 e. The zero-order chi connectivity index (χ0) is 16.6. The fourth-order valence-corrected chi connectivity index (χ4v) is 2.83. The zero-order valence-corrected chi connectivity index (χ0v) is 12.7. The van der Waals surface area contributed by atoms with Crippen molar-refractivity contribution in [3.8, 4) is 0 Å². The lowest BCUT2D eigenvalue weighted by Crippen LogP contribution is -2.62. The molecule has 0 aromatic heterocycles. The van der Waals surface area contributed by atoms with Crippen molar-refractivity contribution >= 4 is 23.7 Å². The Bertz CT molecular complexity index is 660. The Kier molecular flexibility index (Phi) is 3.85. The summed E-state index contributed by atoms with van der Waals surface area (Å²) in [6.07, 6.45) is 0.524. The highest BCUT2D eigenvalue weighted by Gasteiger charge is 2.42. The van der Waals surface area contributed by atoms with Crippen LogP contribution in [0.25, 0.3) is 0 Å². The van der Waals surface area contributed by atoms with Crippen molar-refractivity contribution in [2.75, 3.05) is 20.2 Å². The minimum absolute atomic E-state index is 0.158. The van der Waals surface area contributed by atoms with Gasteiger partial charge < -0.3 is 9.64 Å². The molecule has 0 spiro atoms. The van der Waals surface area contributed by atoms with Crippen LogP contribution in [0.2, 0.25) is 0 Å². The molecular weight excluding hydrogens is 300 g/mol. The Morgan fingerprint density at radius 2 is 1.52 bits per heavy atom. The maximum atomic E-state index is 12.3. The number of esters is 1. The number of nitrogens with zero attached hydrogens (tertiary/aromatic N) is 2. The van der Waals surface area contributed by atoms with Crippen LogP contribution in [0.1, 0.15) is 33.6 Å². The van der Waals surface area contributed by atoms with Crippen LogP contribution >= 0.6 is 0 Å². The number of ether oxygens (including phenoxy) is 1. The summed E-state index contributed by atoms with van der Waals surface area (Å²) in [5.41, 5.74) is 0.828. The third-order valence-corrected chi connectivity index (χ3v) is 4.16. The Balaban J connectivity index is 1.61. The van der Waals surface area contributed by atoms with Crippen molar-refractivity contribution in [2.24, 2.45) is 0 Å². The van der Waals surface area contributed by atoms with E-state index in [4.69, 9.17) is 0 Å². The lowest BCUT2D eigenvalue weighted by molar-refractivity contribution is -0.144. The first-order valence-electron chi connectivity index (χ1n) is 7.34. The molecule has 2 fully saturated rings. The molecule has 23 heavy (non-hydrogen) atoms. The van der Waals surface area contributed by atoms with Gasteiger partial charge in [-0.15, -0.1) is 0 Å². The number of hydrogen-bond donors (Lipinski definition) is 0. The first-order chi connectivity index (χ1) is 11.0. The van der Waals surface area contributed by atoms with Crippen molar-refractivity contribution in [3.63, 3.8) is 0 Å². The Labute approximate surface area is 132 Å². The summed E-state index contributed by atoms with van der Waals surface area (Å²) in [5, 5.41) is 0. The van der Waals surface area contributed by atoms with E-state index in [-0.39, 0.29) is 36.6 Å². The first kappa shape index (κ1) is 15.2. The molecule has 3 rings (SSSR count). The van der Waals surface area contributed by atoms with Gasteiger partial charge in [0, 0.05) is 31.5 Å². The Morgan fingerprint density at radius 1 is 1.00 bits per heavy atom. The van der Waals surface area contributed by atoms with E-state index in [9.17, 15) is 19.2 Å². The standard InChI is InChI=1S/C16H16N2O5/c1-23-16(22)11-4-2-10(3-5-11)15(21)17-8-12(9-17)18-13(19)6-7-14(18)20/h2-5,12H,6-9H2,1H3. The fraction of sp³-hybridized carbons (Fsp3) is 0.375. The van der Waals surface area contributed by atoms with E-state index < -0.39 is 5.97 Å². The molecule has 1 aromatic rings. The third-order valence-electron chi connectivity index (χ3n) is 4.16. The van der Waals surface area contributed by atoms with Gasteiger partial charge in [0.2, 0.25) is 11.8 Å². The van der Waals surface area contributed by atoms with Crippen molar-refractivity contribution in [1.82, 2.24) is 9.80 Å². The molecule has 2 heterocycles. The van der Waals surface area contributed by atoms with Crippen LogP contribution in [0.4, 0.5) is 0 Å². The van der Waals surface area contributed by atoms with Crippen LogP contribution in [0.3, 0.4) is 0 Å². The maximum Gasteiger partial charge on any atom is 0.337 e. The number of benzene rings is 1. The third kappa shape index (κ3) is 2.69. The van der Waals surface area contributed by atoms with Gasteiger partial charge in [0.25, 0.3) is 5.91 Å². The van der Waals surface area contributed by atoms with Gasteiger partial charge in [-0.2, -0.15) is 0 Å². The molecule has 0 radical (unpaired) electrons. The second-order valence-electron chi connectivity index (χ2n) is 5.59. The van der Waals surface area contributed by atoms with Gasteiger partial charge in [-0.1, -0.05) is 0 Å². The number of carbonyl (C=O) groups is 4. The van der Waals surface area contributed by atoms with E-state index >= 15 is 0 Å². The molecule has 2 aliphatic rings. The summed E-state index contributed by atoms with van der Waals surface area (Å²) < 4.78 is 4.60. The largest absolute Gasteiger partial charge is 0.465 e. The van der Waals surface area contributed by atoms with Crippen LogP contribution in [-0.4, -0.2) is 59.7 Å². The SMILES string of the molecule is COC(=O)c1ccc(C(=O)N2CC(N3C(=O)CCC3=O)C2)cc1. The van der Waals surface area contributed by atoms with Gasteiger partial charge in [-0.25, -0.2) is 4.79 Å². The number of imide groups is 1. The highest BCUT2D eigenvalue weighted by Crippen LogP contribution is 2.23. The molecule has 7 nitrogen and oxygen atoms in total. The summed E-state index contributed by atoms with van der Waals surface area (Å²) >= 11 is 0. The maximum absolute atomic E-state index is 12.3. The molecule has 0 aliphatic carbocycles. The highest BCUT2D eigenvalue weighted by molar-refractivity contribution is 6.03. The van der Waals surface area contributed by atoms with Crippen LogP contribution < -0.4 is 0 Å². The first-order valence-corrected chi connectivity index (χ1v) is 7.34. The quantitative estimate of drug-likeness (QED) is 0.597. The summed E-state index contributed by atoms with van der Waals surface area (Å²) in [6.45, 7) is 0.712.